The molecule has 0 unspecified atom stereocenters. The highest BCUT2D eigenvalue weighted by molar-refractivity contribution is 6.33. The van der Waals surface area contributed by atoms with Crippen molar-refractivity contribution in [3.8, 4) is 0 Å². The Balaban J connectivity index is 0.000000175. The summed E-state index contributed by atoms with van der Waals surface area (Å²) in [5.74, 6) is 0.512. The molecule has 0 spiro atoms. The molecule has 1 N–H and O–H groups in total. The molecule has 0 atom stereocenters. The van der Waals surface area contributed by atoms with Crippen LogP contribution in [-0.2, 0) is 14.2 Å². The number of halogens is 5. The number of nitrogens with one attached hydrogen (secondary N) is 1. The monoisotopic (exact) mass is 576 g/mol. The van der Waals surface area contributed by atoms with Gasteiger partial charge in [-0.15, -0.1) is 0 Å². The van der Waals surface area contributed by atoms with Crippen molar-refractivity contribution in [2.24, 2.45) is 0 Å². The standard InChI is InChI=1S/C7H8Cl2N4O.C4H9NO.C4H8O.C3Cl3N3/c8-5-10-6(9)12-7(11-5)13-1-3-14-4-2-13;1-3-6-4-2-5-1;1-2-4-5-3-1;4-1-7-2(5)9-3(6)8-1/h1-4H2;5H,1-4H2;1-4H2;. The van der Waals surface area contributed by atoms with Gasteiger partial charge in [-0.05, 0) is 70.8 Å². The van der Waals surface area contributed by atoms with Crippen LogP contribution in [0.4, 0.5) is 5.95 Å². The van der Waals surface area contributed by atoms with Crippen LogP contribution >= 0.6 is 58.0 Å². The molecule has 0 saturated carbocycles. The summed E-state index contributed by atoms with van der Waals surface area (Å²) in [6.45, 7) is 8.66. The van der Waals surface area contributed by atoms with Crippen molar-refractivity contribution in [2.75, 3.05) is 70.7 Å². The molecule has 5 rings (SSSR count). The summed E-state index contributed by atoms with van der Waals surface area (Å²) < 4.78 is 15.2. The van der Waals surface area contributed by atoms with Crippen molar-refractivity contribution in [1.29, 1.82) is 0 Å². The number of nitrogens with zero attached hydrogens (tertiary/aromatic N) is 7. The number of ether oxygens (including phenoxy) is 3. The highest BCUT2D eigenvalue weighted by atomic mass is 35.5. The van der Waals surface area contributed by atoms with Crippen molar-refractivity contribution in [1.82, 2.24) is 35.2 Å². The lowest BCUT2D eigenvalue weighted by molar-refractivity contribution is 0.109. The highest BCUT2D eigenvalue weighted by Crippen LogP contribution is 2.14. The largest absolute Gasteiger partial charge is 0.381 e. The van der Waals surface area contributed by atoms with E-state index in [1.54, 1.807) is 0 Å². The first kappa shape index (κ1) is 29.3. The van der Waals surface area contributed by atoms with E-state index in [1.165, 1.54) is 12.8 Å². The molecule has 3 aliphatic heterocycles. The van der Waals surface area contributed by atoms with Gasteiger partial charge in [0.15, 0.2) is 0 Å². The van der Waals surface area contributed by atoms with Gasteiger partial charge in [0.2, 0.25) is 32.4 Å². The zero-order valence-electron chi connectivity index (χ0n) is 18.2. The lowest BCUT2D eigenvalue weighted by Gasteiger charge is -2.26. The van der Waals surface area contributed by atoms with Crippen molar-refractivity contribution in [2.45, 2.75) is 12.8 Å². The van der Waals surface area contributed by atoms with Gasteiger partial charge in [0.05, 0.1) is 26.4 Å². The predicted molar refractivity (Wildman–Crippen MR) is 131 cm³/mol. The Kier molecular flexibility index (Phi) is 15.1. The quantitative estimate of drug-likeness (QED) is 0.537. The Hall–Kier alpha value is -0.890. The molecule has 16 heteroatoms. The van der Waals surface area contributed by atoms with Gasteiger partial charge in [0.1, 0.15) is 0 Å². The fourth-order valence-electron chi connectivity index (χ4n) is 2.55. The Morgan fingerprint density at radius 2 is 0.912 bits per heavy atom. The molecule has 34 heavy (non-hydrogen) atoms. The first-order valence-electron chi connectivity index (χ1n) is 10.4. The van der Waals surface area contributed by atoms with E-state index in [9.17, 15) is 0 Å². The van der Waals surface area contributed by atoms with Crippen LogP contribution in [0.3, 0.4) is 0 Å². The maximum absolute atomic E-state index is 5.66. The van der Waals surface area contributed by atoms with Gasteiger partial charge in [-0.1, -0.05) is 0 Å². The first-order valence-corrected chi connectivity index (χ1v) is 12.3. The van der Waals surface area contributed by atoms with Gasteiger partial charge in [0, 0.05) is 39.4 Å². The Morgan fingerprint density at radius 3 is 1.24 bits per heavy atom. The number of hydrogen-bond donors (Lipinski definition) is 1. The molecule has 5 heterocycles. The van der Waals surface area contributed by atoms with Crippen molar-refractivity contribution < 1.29 is 14.2 Å². The van der Waals surface area contributed by atoms with E-state index in [4.69, 9.17) is 72.2 Å². The van der Waals surface area contributed by atoms with E-state index in [0.29, 0.717) is 19.2 Å². The molecule has 3 fully saturated rings. The highest BCUT2D eigenvalue weighted by Gasteiger charge is 2.15. The summed E-state index contributed by atoms with van der Waals surface area (Å²) in [5.41, 5.74) is 0. The molecule has 0 radical (unpaired) electrons. The van der Waals surface area contributed by atoms with E-state index in [1.807, 2.05) is 4.90 Å². The van der Waals surface area contributed by atoms with Crippen LogP contribution in [0.1, 0.15) is 12.8 Å². The van der Waals surface area contributed by atoms with Crippen LogP contribution in [0, 0.1) is 0 Å². The summed E-state index contributed by atoms with van der Waals surface area (Å²) in [6.07, 6.45) is 2.56. The van der Waals surface area contributed by atoms with E-state index in [2.05, 4.69) is 35.2 Å². The van der Waals surface area contributed by atoms with Gasteiger partial charge in [-0.25, -0.2) is 0 Å². The minimum atomic E-state index is 0.000000000000000444. The number of hydrogen-bond acceptors (Lipinski definition) is 11. The van der Waals surface area contributed by atoms with Crippen LogP contribution < -0.4 is 10.2 Å². The van der Waals surface area contributed by atoms with Crippen molar-refractivity contribution in [3.05, 3.63) is 26.4 Å². The second kappa shape index (κ2) is 17.5. The summed E-state index contributed by atoms with van der Waals surface area (Å²) in [5, 5.41) is 3.39. The first-order chi connectivity index (χ1) is 16.4. The van der Waals surface area contributed by atoms with Crippen LogP contribution in [0.2, 0.25) is 26.4 Å². The van der Waals surface area contributed by atoms with Crippen LogP contribution in [0.25, 0.3) is 0 Å². The van der Waals surface area contributed by atoms with Crippen LogP contribution in [-0.4, -0.2) is 95.7 Å². The van der Waals surface area contributed by atoms with Gasteiger partial charge in [0.25, 0.3) is 0 Å². The third-order valence-corrected chi connectivity index (χ3v) is 4.94. The molecule has 3 aliphatic rings. The van der Waals surface area contributed by atoms with Gasteiger partial charge < -0.3 is 24.4 Å². The summed E-state index contributed by atoms with van der Waals surface area (Å²) in [4.78, 5) is 24.0. The molecular weight excluding hydrogens is 554 g/mol. The number of aromatic nitrogens is 6. The Labute approximate surface area is 222 Å². The molecular formula is C18H25Cl5N8O3. The fraction of sp³-hybridized carbons (Fsp3) is 0.667. The second-order valence-corrected chi connectivity index (χ2v) is 8.29. The average molecular weight is 579 g/mol. The molecule has 3 saturated heterocycles. The molecule has 2 aromatic heterocycles. The SMILES string of the molecule is C1CCOC1.C1COCCN1.Clc1nc(Cl)nc(Cl)n1.Clc1nc(Cl)nc(N2CCOCC2)n1. The van der Waals surface area contributed by atoms with Gasteiger partial charge in [-0.3, -0.25) is 0 Å². The fourth-order valence-corrected chi connectivity index (χ4v) is 3.52. The van der Waals surface area contributed by atoms with Crippen LogP contribution in [0.15, 0.2) is 0 Å². The summed E-state index contributed by atoms with van der Waals surface area (Å²) in [6, 6.07) is 0. The van der Waals surface area contributed by atoms with E-state index >= 15 is 0 Å². The third kappa shape index (κ3) is 13.3. The topological polar surface area (TPSA) is 120 Å². The van der Waals surface area contributed by atoms with Crippen molar-refractivity contribution in [3.63, 3.8) is 0 Å². The molecule has 0 aliphatic carbocycles. The number of anilines is 1. The van der Waals surface area contributed by atoms with Crippen LogP contribution in [0.5, 0.6) is 0 Å². The molecule has 0 aromatic carbocycles. The average Bonchev–Trinajstić information content (AvgIpc) is 3.41. The van der Waals surface area contributed by atoms with E-state index in [-0.39, 0.29) is 26.4 Å². The summed E-state index contributed by atoms with van der Waals surface area (Å²) >= 11 is 27.3. The van der Waals surface area contributed by atoms with E-state index in [0.717, 1.165) is 52.6 Å². The minimum absolute atomic E-state index is 0.000000000000000444. The molecule has 0 bridgehead atoms. The maximum Gasteiger partial charge on any atom is 0.231 e. The normalized spacial score (nSPS) is 17.4. The smallest absolute Gasteiger partial charge is 0.231 e. The number of morpholine rings is 2. The number of rotatable bonds is 1. The van der Waals surface area contributed by atoms with Gasteiger partial charge in [-0.2, -0.15) is 29.9 Å². The lowest BCUT2D eigenvalue weighted by atomic mass is 10.4. The second-order valence-electron chi connectivity index (χ2n) is 6.60. The Bertz CT molecular complexity index is 753. The minimum Gasteiger partial charge on any atom is -0.381 e. The predicted octanol–water partition coefficient (Wildman–Crippen LogP) is 3.25. The zero-order chi connectivity index (χ0) is 24.6. The van der Waals surface area contributed by atoms with Gasteiger partial charge >= 0.3 is 0 Å². The molecule has 190 valence electrons. The summed E-state index contributed by atoms with van der Waals surface area (Å²) in [7, 11) is 0. The lowest BCUT2D eigenvalue weighted by Crippen LogP contribution is -2.37. The zero-order valence-corrected chi connectivity index (χ0v) is 22.0. The van der Waals surface area contributed by atoms with Crippen molar-refractivity contribution >= 4 is 64.0 Å². The maximum atomic E-state index is 5.66. The molecule has 0 amide bonds. The molecule has 2 aromatic rings. The van der Waals surface area contributed by atoms with E-state index < -0.39 is 0 Å². The Morgan fingerprint density at radius 1 is 0.529 bits per heavy atom. The molecule has 11 nitrogen and oxygen atoms in total. The third-order valence-electron chi connectivity index (χ3n) is 4.09.